The van der Waals surface area contributed by atoms with Crippen molar-refractivity contribution in [3.63, 3.8) is 0 Å². The molecule has 1 fully saturated rings. The SMILES string of the molecule is Cc1cccc(NC(=O)C2CCCCCCC2)c1C(N)=S. The van der Waals surface area contributed by atoms with E-state index in [0.29, 0.717) is 4.99 Å². The van der Waals surface area contributed by atoms with Crippen LogP contribution >= 0.6 is 12.2 Å². The lowest BCUT2D eigenvalue weighted by Crippen LogP contribution is -2.25. The summed E-state index contributed by atoms with van der Waals surface area (Å²) in [6.07, 6.45) is 8.05. The van der Waals surface area contributed by atoms with Crippen LogP contribution in [0.5, 0.6) is 0 Å². The van der Waals surface area contributed by atoms with Crippen LogP contribution in [-0.4, -0.2) is 10.9 Å². The number of carbonyl (C=O) groups is 1. The molecule has 0 unspecified atom stereocenters. The first-order valence-electron chi connectivity index (χ1n) is 7.80. The van der Waals surface area contributed by atoms with Crippen LogP contribution in [-0.2, 0) is 4.79 Å². The largest absolute Gasteiger partial charge is 0.389 e. The minimum absolute atomic E-state index is 0.111. The minimum atomic E-state index is 0.111. The normalized spacial score (nSPS) is 16.8. The van der Waals surface area contributed by atoms with Crippen molar-refractivity contribution < 1.29 is 4.79 Å². The molecule has 3 nitrogen and oxygen atoms in total. The first-order valence-corrected chi connectivity index (χ1v) is 8.20. The van der Waals surface area contributed by atoms with Crippen molar-refractivity contribution >= 4 is 28.8 Å². The fourth-order valence-electron chi connectivity index (χ4n) is 3.05. The number of thiocarbonyl (C=S) groups is 1. The summed E-state index contributed by atoms with van der Waals surface area (Å²) in [5, 5.41) is 3.04. The zero-order valence-electron chi connectivity index (χ0n) is 12.7. The summed E-state index contributed by atoms with van der Waals surface area (Å²) < 4.78 is 0. The van der Waals surface area contributed by atoms with Gasteiger partial charge in [0.05, 0.1) is 5.69 Å². The van der Waals surface area contributed by atoms with Crippen LogP contribution in [0.2, 0.25) is 0 Å². The molecular weight excluding hydrogens is 280 g/mol. The lowest BCUT2D eigenvalue weighted by atomic mass is 9.90. The van der Waals surface area contributed by atoms with Gasteiger partial charge in [0.15, 0.2) is 0 Å². The van der Waals surface area contributed by atoms with Gasteiger partial charge in [-0.05, 0) is 31.4 Å². The molecule has 0 bridgehead atoms. The lowest BCUT2D eigenvalue weighted by molar-refractivity contribution is -0.120. The van der Waals surface area contributed by atoms with Gasteiger partial charge in [-0.25, -0.2) is 0 Å². The number of nitrogens with two attached hydrogens (primary N) is 1. The molecule has 2 rings (SSSR count). The van der Waals surface area contributed by atoms with E-state index >= 15 is 0 Å². The predicted octanol–water partition coefficient (Wildman–Crippen LogP) is 3.93. The number of aryl methyl sites for hydroxylation is 1. The molecule has 1 saturated carbocycles. The van der Waals surface area contributed by atoms with Crippen molar-refractivity contribution in [3.8, 4) is 0 Å². The van der Waals surface area contributed by atoms with E-state index in [1.54, 1.807) is 0 Å². The van der Waals surface area contributed by atoms with Gasteiger partial charge in [-0.3, -0.25) is 4.79 Å². The van der Waals surface area contributed by atoms with Gasteiger partial charge in [-0.2, -0.15) is 0 Å². The van der Waals surface area contributed by atoms with E-state index in [-0.39, 0.29) is 11.8 Å². The average Bonchev–Trinajstić information content (AvgIpc) is 2.37. The van der Waals surface area contributed by atoms with Crippen molar-refractivity contribution in [2.45, 2.75) is 51.9 Å². The number of carbonyl (C=O) groups excluding carboxylic acids is 1. The van der Waals surface area contributed by atoms with Crippen LogP contribution in [0, 0.1) is 12.8 Å². The van der Waals surface area contributed by atoms with Gasteiger partial charge in [0.1, 0.15) is 4.99 Å². The molecule has 1 aliphatic carbocycles. The first kappa shape index (κ1) is 16.0. The van der Waals surface area contributed by atoms with E-state index in [9.17, 15) is 4.79 Å². The second-order valence-electron chi connectivity index (χ2n) is 5.89. The molecule has 0 spiro atoms. The fraction of sp³-hybridized carbons (Fsp3) is 0.529. The molecule has 4 heteroatoms. The number of anilines is 1. The maximum atomic E-state index is 12.5. The summed E-state index contributed by atoms with van der Waals surface area (Å²) in [6, 6.07) is 5.76. The van der Waals surface area contributed by atoms with Crippen molar-refractivity contribution in [1.29, 1.82) is 0 Å². The molecular formula is C17H24N2OS. The quantitative estimate of drug-likeness (QED) is 0.832. The monoisotopic (exact) mass is 304 g/mol. The van der Waals surface area contributed by atoms with Gasteiger partial charge in [0.25, 0.3) is 0 Å². The molecule has 1 aliphatic rings. The second kappa shape index (κ2) is 7.55. The number of nitrogens with one attached hydrogen (secondary N) is 1. The molecule has 0 heterocycles. The molecule has 0 aliphatic heterocycles. The summed E-state index contributed by atoms with van der Waals surface area (Å²) >= 11 is 5.11. The number of rotatable bonds is 3. The van der Waals surface area contributed by atoms with Crippen LogP contribution in [0.15, 0.2) is 18.2 Å². The number of amides is 1. The van der Waals surface area contributed by atoms with Gasteiger partial charge in [-0.1, -0.05) is 56.5 Å². The standard InChI is InChI=1S/C17H24N2OS/c1-12-8-7-11-14(15(12)16(18)21)19-17(20)13-9-5-3-2-4-6-10-13/h7-8,11,13H,2-6,9-10H2,1H3,(H2,18,21)(H,19,20). The van der Waals surface area contributed by atoms with Crippen LogP contribution < -0.4 is 11.1 Å². The van der Waals surface area contributed by atoms with E-state index in [2.05, 4.69) is 5.32 Å². The molecule has 3 N–H and O–H groups in total. The second-order valence-corrected chi connectivity index (χ2v) is 6.33. The third kappa shape index (κ3) is 4.27. The summed E-state index contributed by atoms with van der Waals surface area (Å²) in [7, 11) is 0. The number of hydrogen-bond donors (Lipinski definition) is 2. The number of hydrogen-bond acceptors (Lipinski definition) is 2. The highest BCUT2D eigenvalue weighted by molar-refractivity contribution is 7.80. The van der Waals surface area contributed by atoms with Crippen LogP contribution in [0.25, 0.3) is 0 Å². The first-order chi connectivity index (χ1) is 10.1. The fourth-order valence-corrected chi connectivity index (χ4v) is 3.32. The Morgan fingerprint density at radius 3 is 2.43 bits per heavy atom. The lowest BCUT2D eigenvalue weighted by Gasteiger charge is -2.20. The zero-order chi connectivity index (χ0) is 15.2. The average molecular weight is 304 g/mol. The minimum Gasteiger partial charge on any atom is -0.389 e. The van der Waals surface area contributed by atoms with Gasteiger partial charge in [0, 0.05) is 11.5 Å². The Bertz CT molecular complexity index is 520. The zero-order valence-corrected chi connectivity index (χ0v) is 13.5. The summed E-state index contributed by atoms with van der Waals surface area (Å²) in [6.45, 7) is 1.96. The van der Waals surface area contributed by atoms with E-state index in [4.69, 9.17) is 18.0 Å². The van der Waals surface area contributed by atoms with Crippen LogP contribution in [0.4, 0.5) is 5.69 Å². The Kier molecular flexibility index (Phi) is 5.74. The van der Waals surface area contributed by atoms with Crippen molar-refractivity contribution in [2.24, 2.45) is 11.7 Å². The van der Waals surface area contributed by atoms with Gasteiger partial charge in [0.2, 0.25) is 5.91 Å². The van der Waals surface area contributed by atoms with Gasteiger partial charge in [-0.15, -0.1) is 0 Å². The Morgan fingerprint density at radius 1 is 1.19 bits per heavy atom. The van der Waals surface area contributed by atoms with E-state index in [0.717, 1.165) is 42.5 Å². The van der Waals surface area contributed by atoms with Crippen molar-refractivity contribution in [1.82, 2.24) is 0 Å². The summed E-state index contributed by atoms with van der Waals surface area (Å²) in [5.74, 6) is 0.227. The third-order valence-corrected chi connectivity index (χ3v) is 4.46. The number of benzene rings is 1. The summed E-state index contributed by atoms with van der Waals surface area (Å²) in [5.41, 5.74) is 8.32. The Hall–Kier alpha value is -1.42. The Balaban J connectivity index is 2.11. The topological polar surface area (TPSA) is 55.1 Å². The van der Waals surface area contributed by atoms with Gasteiger partial charge >= 0.3 is 0 Å². The molecule has 1 aromatic carbocycles. The Morgan fingerprint density at radius 2 is 1.81 bits per heavy atom. The van der Waals surface area contributed by atoms with Crippen molar-refractivity contribution in [3.05, 3.63) is 29.3 Å². The molecule has 21 heavy (non-hydrogen) atoms. The molecule has 0 radical (unpaired) electrons. The van der Waals surface area contributed by atoms with Crippen LogP contribution in [0.1, 0.15) is 56.1 Å². The molecule has 1 amide bonds. The maximum absolute atomic E-state index is 12.5. The smallest absolute Gasteiger partial charge is 0.227 e. The molecule has 0 saturated heterocycles. The molecule has 114 valence electrons. The highest BCUT2D eigenvalue weighted by atomic mass is 32.1. The molecule has 1 aromatic rings. The van der Waals surface area contributed by atoms with E-state index in [1.165, 1.54) is 19.3 Å². The van der Waals surface area contributed by atoms with E-state index < -0.39 is 0 Å². The van der Waals surface area contributed by atoms with E-state index in [1.807, 2.05) is 25.1 Å². The molecule has 0 aromatic heterocycles. The summed E-state index contributed by atoms with van der Waals surface area (Å²) in [4.78, 5) is 12.9. The maximum Gasteiger partial charge on any atom is 0.227 e. The molecule has 0 atom stereocenters. The third-order valence-electron chi connectivity index (χ3n) is 4.25. The van der Waals surface area contributed by atoms with Crippen molar-refractivity contribution in [2.75, 3.05) is 5.32 Å². The van der Waals surface area contributed by atoms with Crippen LogP contribution in [0.3, 0.4) is 0 Å². The highest BCUT2D eigenvalue weighted by Gasteiger charge is 2.20. The highest BCUT2D eigenvalue weighted by Crippen LogP contribution is 2.25. The van der Waals surface area contributed by atoms with Gasteiger partial charge < -0.3 is 11.1 Å². The predicted molar refractivity (Wildman–Crippen MR) is 91.5 cm³/mol. The Labute approximate surface area is 132 Å².